The average Bonchev–Trinajstić information content (AvgIpc) is 2.80. The Morgan fingerprint density at radius 1 is 0.882 bits per heavy atom. The van der Waals surface area contributed by atoms with Crippen molar-refractivity contribution in [2.24, 2.45) is 0 Å². The van der Waals surface area contributed by atoms with Crippen LogP contribution in [0, 0.1) is 11.6 Å². The van der Waals surface area contributed by atoms with Crippen LogP contribution in [0.5, 0.6) is 0 Å². The Labute approximate surface area is 213 Å². The minimum absolute atomic E-state index is 0.0779. The monoisotopic (exact) mass is 535 g/mol. The van der Waals surface area contributed by atoms with Crippen LogP contribution in [0.1, 0.15) is 16.7 Å². The van der Waals surface area contributed by atoms with Crippen molar-refractivity contribution in [3.05, 3.63) is 113 Å². The third-order valence-corrected chi connectivity index (χ3v) is 4.26. The molecule has 1 aliphatic carbocycles. The summed E-state index contributed by atoms with van der Waals surface area (Å²) < 4.78 is 25.3. The maximum absolute atomic E-state index is 12.7. The van der Waals surface area contributed by atoms with Gasteiger partial charge in [-0.3, -0.25) is 9.59 Å². The predicted octanol–water partition coefficient (Wildman–Crippen LogP) is 7.13. The van der Waals surface area contributed by atoms with Gasteiger partial charge in [-0.25, -0.2) is 38.9 Å². The van der Waals surface area contributed by atoms with Gasteiger partial charge in [0.2, 0.25) is 5.91 Å². The molecular weight excluding hydrogens is 518 g/mol. The molecule has 0 atom stereocenters. The van der Waals surface area contributed by atoms with Crippen LogP contribution in [0.3, 0.4) is 0 Å². The van der Waals surface area contributed by atoms with Gasteiger partial charge in [-0.2, -0.15) is 0 Å². The Kier molecular flexibility index (Phi) is 12.0. The van der Waals surface area contributed by atoms with Crippen LogP contribution in [-0.2, 0) is 16.0 Å². The first-order valence-electron chi connectivity index (χ1n) is 9.94. The highest BCUT2D eigenvalue weighted by molar-refractivity contribution is 7.54. The summed E-state index contributed by atoms with van der Waals surface area (Å²) >= 11 is -1.72. The molecule has 3 aromatic carbocycles. The van der Waals surface area contributed by atoms with Gasteiger partial charge >= 0.3 is 11.4 Å². The lowest BCUT2D eigenvalue weighted by molar-refractivity contribution is -0.114. The summed E-state index contributed by atoms with van der Waals surface area (Å²) in [5, 5.41) is 2.65. The van der Waals surface area contributed by atoms with E-state index in [-0.39, 0.29) is 23.3 Å². The summed E-state index contributed by atoms with van der Waals surface area (Å²) in [5.74, 6) is -0.750. The molecule has 1 aliphatic rings. The van der Waals surface area contributed by atoms with E-state index in [9.17, 15) is 18.4 Å². The number of fused-ring (bicyclic) bond motifs is 1. The normalized spacial score (nSPS) is 11.5. The van der Waals surface area contributed by atoms with Crippen molar-refractivity contribution in [2.75, 3.05) is 5.32 Å². The average molecular weight is 537 g/mol. The zero-order valence-electron chi connectivity index (χ0n) is 17.7. The van der Waals surface area contributed by atoms with Crippen LogP contribution >= 0.6 is 30.1 Å². The fraction of sp³-hybridized carbons (Fsp3) is 0.0400. The first kappa shape index (κ1) is 27.8. The number of hydrogen-bond acceptors (Lipinski definition) is 2. The lowest BCUT2D eigenvalue weighted by atomic mass is 9.97. The molecule has 0 saturated heterocycles. The number of rotatable bonds is 3. The molecule has 3 aromatic rings. The SMILES string of the molecule is O=C(/C=C/c1ccccc1)Nc1ccc(F)cc1.O=C1C=Cc2cc(F)ccc2C1.[Cl][Al]([Cl])[Cl]. The van der Waals surface area contributed by atoms with E-state index in [4.69, 9.17) is 30.1 Å². The predicted molar refractivity (Wildman–Crippen MR) is 138 cm³/mol. The van der Waals surface area contributed by atoms with Crippen LogP contribution in [-0.4, -0.2) is 23.1 Å². The van der Waals surface area contributed by atoms with Crippen molar-refractivity contribution in [3.8, 4) is 0 Å². The molecule has 1 N–H and O–H groups in total. The molecule has 0 radical (unpaired) electrons. The van der Waals surface area contributed by atoms with Crippen molar-refractivity contribution in [1.29, 1.82) is 0 Å². The summed E-state index contributed by atoms with van der Waals surface area (Å²) in [6.45, 7) is 0. The molecule has 0 bridgehead atoms. The highest BCUT2D eigenvalue weighted by Gasteiger charge is 2.10. The Hall–Kier alpha value is -2.46. The van der Waals surface area contributed by atoms with Crippen molar-refractivity contribution in [2.45, 2.75) is 6.42 Å². The maximum Gasteiger partial charge on any atom is 0.643 e. The number of carbonyl (C=O) groups excluding carboxylic acids is 2. The van der Waals surface area contributed by atoms with E-state index in [1.165, 1.54) is 48.6 Å². The summed E-state index contributed by atoms with van der Waals surface area (Å²) in [5.41, 5.74) is 3.24. The highest BCUT2D eigenvalue weighted by Crippen LogP contribution is 2.18. The van der Waals surface area contributed by atoms with E-state index in [2.05, 4.69) is 5.32 Å². The van der Waals surface area contributed by atoms with Crippen molar-refractivity contribution >= 4 is 71.1 Å². The zero-order chi connectivity index (χ0) is 24.9. The fourth-order valence-corrected chi connectivity index (χ4v) is 2.76. The number of hydrogen-bond donors (Lipinski definition) is 1. The molecule has 0 fully saturated rings. The number of ketones is 1. The van der Waals surface area contributed by atoms with Gasteiger partial charge in [-0.05, 0) is 65.2 Å². The minimum Gasteiger partial charge on any atom is -0.323 e. The first-order valence-corrected chi connectivity index (χ1v) is 15.2. The van der Waals surface area contributed by atoms with E-state index in [0.717, 1.165) is 16.7 Å². The molecule has 174 valence electrons. The van der Waals surface area contributed by atoms with Crippen LogP contribution < -0.4 is 5.32 Å². The topological polar surface area (TPSA) is 46.2 Å². The van der Waals surface area contributed by atoms with Crippen LogP contribution in [0.15, 0.2) is 84.9 Å². The Bertz CT molecular complexity index is 1150. The van der Waals surface area contributed by atoms with Crippen molar-refractivity contribution in [3.63, 3.8) is 0 Å². The van der Waals surface area contributed by atoms with Gasteiger partial charge in [-0.1, -0.05) is 42.5 Å². The van der Waals surface area contributed by atoms with Crippen LogP contribution in [0.2, 0.25) is 0 Å². The molecule has 0 spiro atoms. The largest absolute Gasteiger partial charge is 0.643 e. The summed E-state index contributed by atoms with van der Waals surface area (Å²) in [6.07, 6.45) is 6.70. The van der Waals surface area contributed by atoms with Gasteiger partial charge in [0.25, 0.3) is 0 Å². The molecule has 0 aliphatic heterocycles. The lowest BCUT2D eigenvalue weighted by Crippen LogP contribution is -2.07. The number of halogens is 5. The van der Waals surface area contributed by atoms with E-state index in [1.807, 2.05) is 30.3 Å². The Morgan fingerprint density at radius 2 is 1.50 bits per heavy atom. The second-order valence-corrected chi connectivity index (χ2v) is 13.2. The number of nitrogens with one attached hydrogen (secondary N) is 1. The first-order chi connectivity index (χ1) is 16.2. The number of anilines is 1. The molecule has 0 saturated carbocycles. The lowest BCUT2D eigenvalue weighted by Gasteiger charge is -2.08. The third kappa shape index (κ3) is 11.1. The second kappa shape index (κ2) is 14.7. The van der Waals surface area contributed by atoms with E-state index in [0.29, 0.717) is 12.1 Å². The molecular formula is C25H19AlCl3F2NO2. The van der Waals surface area contributed by atoms with E-state index < -0.39 is 11.4 Å². The Morgan fingerprint density at radius 3 is 2.15 bits per heavy atom. The zero-order valence-corrected chi connectivity index (χ0v) is 21.2. The maximum atomic E-state index is 12.7. The molecule has 4 rings (SSSR count). The molecule has 0 aromatic heterocycles. The summed E-state index contributed by atoms with van der Waals surface area (Å²) in [6, 6.07) is 19.6. The number of carbonyl (C=O) groups is 2. The molecule has 3 nitrogen and oxygen atoms in total. The van der Waals surface area contributed by atoms with Gasteiger partial charge in [0.1, 0.15) is 11.6 Å². The smallest absolute Gasteiger partial charge is 0.323 e. The molecule has 1 amide bonds. The summed E-state index contributed by atoms with van der Waals surface area (Å²) in [4.78, 5) is 22.5. The van der Waals surface area contributed by atoms with Gasteiger partial charge in [0.15, 0.2) is 5.78 Å². The molecule has 9 heteroatoms. The molecule has 0 unspecified atom stereocenters. The molecule has 34 heavy (non-hydrogen) atoms. The van der Waals surface area contributed by atoms with Crippen LogP contribution in [0.4, 0.5) is 14.5 Å². The van der Waals surface area contributed by atoms with Gasteiger partial charge < -0.3 is 5.32 Å². The second-order valence-electron chi connectivity index (χ2n) is 6.81. The summed E-state index contributed by atoms with van der Waals surface area (Å²) in [7, 11) is 14.8. The van der Waals surface area contributed by atoms with E-state index in [1.54, 1.807) is 18.2 Å². The Balaban J connectivity index is 0.000000219. The van der Waals surface area contributed by atoms with E-state index >= 15 is 0 Å². The number of benzene rings is 3. The van der Waals surface area contributed by atoms with Crippen molar-refractivity contribution < 1.29 is 18.4 Å². The third-order valence-electron chi connectivity index (χ3n) is 4.26. The van der Waals surface area contributed by atoms with Crippen molar-refractivity contribution in [1.82, 2.24) is 0 Å². The van der Waals surface area contributed by atoms with Gasteiger partial charge in [-0.15, -0.1) is 0 Å². The highest BCUT2D eigenvalue weighted by atomic mass is 35.8. The molecule has 0 heterocycles. The van der Waals surface area contributed by atoms with Gasteiger partial charge in [0, 0.05) is 18.2 Å². The number of amides is 1. The van der Waals surface area contributed by atoms with Crippen LogP contribution in [0.25, 0.3) is 12.2 Å². The minimum atomic E-state index is -1.72. The fourth-order valence-electron chi connectivity index (χ4n) is 2.76. The number of allylic oxidation sites excluding steroid dienone is 1. The quantitative estimate of drug-likeness (QED) is 0.286. The van der Waals surface area contributed by atoms with Gasteiger partial charge in [0.05, 0.1) is 0 Å². The standard InChI is InChI=1S/C15H12FNO.C10H7FO.Al.3ClH/c16-13-7-9-14(10-8-13)17-15(18)11-6-12-4-2-1-3-5-12;11-9-3-1-8-6-10(12)4-2-7(8)5-9;;;;/h1-11H,(H,17,18);1-5H,6H2;;3*1H/q;;+3;;;/p-3/b11-6+;;;;;.